The highest BCUT2D eigenvalue weighted by atomic mass is 16.5. The number of benzene rings is 2. The van der Waals surface area contributed by atoms with E-state index in [1.165, 1.54) is 47.2 Å². The first-order valence-electron chi connectivity index (χ1n) is 12.0. The summed E-state index contributed by atoms with van der Waals surface area (Å²) >= 11 is 0. The number of nitrogens with zero attached hydrogens (tertiary/aromatic N) is 1. The average Bonchev–Trinajstić information content (AvgIpc) is 2.96. The fraction of sp³-hybridized carbons (Fsp3) is 0.464. The molecule has 0 saturated carbocycles. The molecule has 1 fully saturated rings. The van der Waals surface area contributed by atoms with Gasteiger partial charge in [0, 0.05) is 19.5 Å². The molecule has 1 aliphatic heterocycles. The summed E-state index contributed by atoms with van der Waals surface area (Å²) in [5, 5.41) is 0. The first-order chi connectivity index (χ1) is 15.2. The molecule has 3 heteroatoms. The molecule has 1 atom stereocenters. The van der Waals surface area contributed by atoms with Crippen molar-refractivity contribution in [2.45, 2.75) is 51.9 Å². The predicted octanol–water partition coefficient (Wildman–Crippen LogP) is 5.66. The Labute approximate surface area is 187 Å². The number of aryl methyl sites for hydroxylation is 2. The number of hydrogen-bond acceptors (Lipinski definition) is 3. The van der Waals surface area contributed by atoms with Crippen molar-refractivity contribution in [3.63, 3.8) is 0 Å². The van der Waals surface area contributed by atoms with E-state index in [1.807, 2.05) is 6.92 Å². The van der Waals surface area contributed by atoms with E-state index in [0.717, 1.165) is 38.8 Å². The fourth-order valence-electron chi connectivity index (χ4n) is 5.17. The summed E-state index contributed by atoms with van der Waals surface area (Å²) < 4.78 is 5.10. The van der Waals surface area contributed by atoms with E-state index in [1.54, 1.807) is 0 Å². The van der Waals surface area contributed by atoms with Crippen LogP contribution in [0.5, 0.6) is 0 Å². The molecule has 1 saturated heterocycles. The predicted molar refractivity (Wildman–Crippen MR) is 127 cm³/mol. The van der Waals surface area contributed by atoms with Crippen LogP contribution in [-0.4, -0.2) is 37.1 Å². The van der Waals surface area contributed by atoms with Gasteiger partial charge in [0.25, 0.3) is 0 Å². The minimum atomic E-state index is -0.0462. The molecule has 2 aromatic carbocycles. The van der Waals surface area contributed by atoms with Gasteiger partial charge in [-0.15, -0.1) is 0 Å². The van der Waals surface area contributed by atoms with Gasteiger partial charge in [-0.3, -0.25) is 4.79 Å². The molecule has 0 bridgehead atoms. The Kier molecular flexibility index (Phi) is 7.58. The zero-order chi connectivity index (χ0) is 21.5. The van der Waals surface area contributed by atoms with Crippen molar-refractivity contribution in [1.82, 2.24) is 4.90 Å². The minimum Gasteiger partial charge on any atom is -0.466 e. The second-order valence-corrected chi connectivity index (χ2v) is 8.87. The molecule has 164 valence electrons. The third-order valence-electron chi connectivity index (χ3n) is 6.74. The Bertz CT molecular complexity index is 867. The lowest BCUT2D eigenvalue weighted by Gasteiger charge is -2.32. The van der Waals surface area contributed by atoms with Crippen LogP contribution in [-0.2, 0) is 22.4 Å². The molecule has 0 radical (unpaired) electrons. The summed E-state index contributed by atoms with van der Waals surface area (Å²) in [6.07, 6.45) is 9.72. The second-order valence-electron chi connectivity index (χ2n) is 8.87. The number of rotatable bonds is 7. The zero-order valence-corrected chi connectivity index (χ0v) is 18.8. The topological polar surface area (TPSA) is 29.5 Å². The van der Waals surface area contributed by atoms with Crippen LogP contribution in [0.3, 0.4) is 0 Å². The van der Waals surface area contributed by atoms with E-state index in [0.29, 0.717) is 18.9 Å². The molecule has 1 heterocycles. The Hall–Kier alpha value is -2.39. The van der Waals surface area contributed by atoms with Gasteiger partial charge in [-0.2, -0.15) is 0 Å². The smallest absolute Gasteiger partial charge is 0.305 e. The van der Waals surface area contributed by atoms with E-state index in [-0.39, 0.29) is 5.97 Å². The summed E-state index contributed by atoms with van der Waals surface area (Å²) in [5.74, 6) is 0.570. The van der Waals surface area contributed by atoms with Gasteiger partial charge in [-0.25, -0.2) is 0 Å². The SMILES string of the molecule is CCOC(=O)CCC1CCCN(CCC=C2c3ccccc3CCc3ccccc32)C1. The van der Waals surface area contributed by atoms with E-state index < -0.39 is 0 Å². The molecule has 0 aromatic heterocycles. The monoisotopic (exact) mass is 417 g/mol. The van der Waals surface area contributed by atoms with Gasteiger partial charge in [0.15, 0.2) is 0 Å². The second kappa shape index (κ2) is 10.8. The number of likely N-dealkylation sites (tertiary alicyclic amines) is 1. The Balaban J connectivity index is 1.41. The lowest BCUT2D eigenvalue weighted by Crippen LogP contribution is -2.36. The van der Waals surface area contributed by atoms with E-state index >= 15 is 0 Å². The van der Waals surface area contributed by atoms with Gasteiger partial charge in [-0.05, 0) is 85.7 Å². The average molecular weight is 418 g/mol. The standard InChI is InChI=1S/C28H35NO2/c1-2-31-28(30)18-15-22-9-7-19-29(21-22)20-8-14-27-25-12-5-3-10-23(25)16-17-24-11-4-6-13-26(24)27/h3-6,10-14,22H,2,7-9,15-21H2,1H3. The summed E-state index contributed by atoms with van der Waals surface area (Å²) in [5.41, 5.74) is 7.13. The fourth-order valence-corrected chi connectivity index (χ4v) is 5.17. The highest BCUT2D eigenvalue weighted by Gasteiger charge is 2.21. The van der Waals surface area contributed by atoms with Crippen molar-refractivity contribution in [2.75, 3.05) is 26.2 Å². The van der Waals surface area contributed by atoms with Crippen LogP contribution in [0.15, 0.2) is 54.6 Å². The van der Waals surface area contributed by atoms with E-state index in [9.17, 15) is 4.79 Å². The number of esters is 1. The number of piperidine rings is 1. The van der Waals surface area contributed by atoms with Crippen LogP contribution in [0.1, 0.15) is 61.3 Å². The molecule has 0 amide bonds. The van der Waals surface area contributed by atoms with Crippen molar-refractivity contribution in [3.8, 4) is 0 Å². The van der Waals surface area contributed by atoms with Crippen LogP contribution in [0.4, 0.5) is 0 Å². The maximum Gasteiger partial charge on any atom is 0.305 e. The maximum absolute atomic E-state index is 11.7. The molecule has 0 N–H and O–H groups in total. The van der Waals surface area contributed by atoms with Gasteiger partial charge < -0.3 is 9.64 Å². The summed E-state index contributed by atoms with van der Waals surface area (Å²) in [6.45, 7) is 5.72. The summed E-state index contributed by atoms with van der Waals surface area (Å²) in [7, 11) is 0. The third kappa shape index (κ3) is 5.65. The van der Waals surface area contributed by atoms with Gasteiger partial charge in [0.1, 0.15) is 0 Å². The number of ether oxygens (including phenoxy) is 1. The number of carbonyl (C=O) groups is 1. The largest absolute Gasteiger partial charge is 0.466 e. The van der Waals surface area contributed by atoms with Gasteiger partial charge >= 0.3 is 5.97 Å². The molecule has 1 unspecified atom stereocenters. The minimum absolute atomic E-state index is 0.0462. The Morgan fingerprint density at radius 2 is 1.74 bits per heavy atom. The molecular weight excluding hydrogens is 382 g/mol. The highest BCUT2D eigenvalue weighted by molar-refractivity contribution is 5.83. The Morgan fingerprint density at radius 3 is 2.42 bits per heavy atom. The molecule has 4 rings (SSSR count). The van der Waals surface area contributed by atoms with Crippen LogP contribution in [0, 0.1) is 5.92 Å². The van der Waals surface area contributed by atoms with Crippen molar-refractivity contribution in [3.05, 3.63) is 76.9 Å². The third-order valence-corrected chi connectivity index (χ3v) is 6.74. The number of fused-ring (bicyclic) bond motifs is 2. The quantitative estimate of drug-likeness (QED) is 0.544. The maximum atomic E-state index is 11.7. The summed E-state index contributed by atoms with van der Waals surface area (Å²) in [6, 6.07) is 17.8. The number of carbonyl (C=O) groups excluding carboxylic acids is 1. The molecule has 31 heavy (non-hydrogen) atoms. The zero-order valence-electron chi connectivity index (χ0n) is 18.8. The van der Waals surface area contributed by atoms with Crippen LogP contribution >= 0.6 is 0 Å². The van der Waals surface area contributed by atoms with Gasteiger partial charge in [0.2, 0.25) is 0 Å². The highest BCUT2D eigenvalue weighted by Crippen LogP contribution is 2.33. The van der Waals surface area contributed by atoms with Crippen LogP contribution < -0.4 is 0 Å². The molecule has 1 aliphatic carbocycles. The van der Waals surface area contributed by atoms with Crippen molar-refractivity contribution < 1.29 is 9.53 Å². The molecule has 3 nitrogen and oxygen atoms in total. The van der Waals surface area contributed by atoms with Gasteiger partial charge in [-0.1, -0.05) is 54.6 Å². The van der Waals surface area contributed by atoms with Gasteiger partial charge in [0.05, 0.1) is 6.61 Å². The van der Waals surface area contributed by atoms with Crippen molar-refractivity contribution in [2.24, 2.45) is 5.92 Å². The lowest BCUT2D eigenvalue weighted by atomic mass is 9.92. The van der Waals surface area contributed by atoms with Crippen LogP contribution in [0.2, 0.25) is 0 Å². The normalized spacial score (nSPS) is 18.6. The Morgan fingerprint density at radius 1 is 1.06 bits per heavy atom. The summed E-state index contributed by atoms with van der Waals surface area (Å²) in [4.78, 5) is 14.3. The molecule has 0 spiro atoms. The molecule has 2 aromatic rings. The van der Waals surface area contributed by atoms with Crippen molar-refractivity contribution >= 4 is 11.5 Å². The lowest BCUT2D eigenvalue weighted by molar-refractivity contribution is -0.143. The molecular formula is C28H35NO2. The van der Waals surface area contributed by atoms with Crippen LogP contribution in [0.25, 0.3) is 5.57 Å². The first kappa shape index (κ1) is 21.8. The first-order valence-corrected chi connectivity index (χ1v) is 12.0. The number of hydrogen-bond donors (Lipinski definition) is 0. The van der Waals surface area contributed by atoms with Crippen molar-refractivity contribution in [1.29, 1.82) is 0 Å². The molecule has 2 aliphatic rings. The van der Waals surface area contributed by atoms with E-state index in [4.69, 9.17) is 4.74 Å². The van der Waals surface area contributed by atoms with E-state index in [2.05, 4.69) is 59.5 Å².